The Morgan fingerprint density at radius 3 is 2.72 bits per heavy atom. The van der Waals surface area contributed by atoms with Gasteiger partial charge in [0.1, 0.15) is 17.5 Å². The minimum Gasteiger partial charge on any atom is -0.488 e. The Bertz CT molecular complexity index is 552. The molecule has 5 heteroatoms. The lowest BCUT2D eigenvalue weighted by molar-refractivity contribution is 0.259. The van der Waals surface area contributed by atoms with Crippen LogP contribution < -0.4 is 4.74 Å². The van der Waals surface area contributed by atoms with E-state index in [4.69, 9.17) is 16.3 Å². The number of aliphatic hydroxyl groups is 1. The van der Waals surface area contributed by atoms with E-state index >= 15 is 0 Å². The second-order valence-corrected chi connectivity index (χ2v) is 4.39. The molecule has 0 atom stereocenters. The van der Waals surface area contributed by atoms with Crippen LogP contribution in [-0.2, 0) is 20.3 Å². The number of ether oxygens (including phenoxy) is 1. The largest absolute Gasteiger partial charge is 0.488 e. The van der Waals surface area contributed by atoms with Gasteiger partial charge in [-0.05, 0) is 13.0 Å². The van der Waals surface area contributed by atoms with Crippen LogP contribution in [0, 0.1) is 6.92 Å². The van der Waals surface area contributed by atoms with Gasteiger partial charge in [-0.25, -0.2) is 0 Å². The van der Waals surface area contributed by atoms with Crippen LogP contribution in [0.4, 0.5) is 0 Å². The normalized spacial score (nSPS) is 10.7. The second kappa shape index (κ2) is 5.42. The predicted octanol–water partition coefficient (Wildman–Crippen LogP) is 2.45. The molecule has 2 rings (SSSR count). The van der Waals surface area contributed by atoms with Gasteiger partial charge in [0.2, 0.25) is 0 Å². The van der Waals surface area contributed by atoms with E-state index in [9.17, 15) is 5.11 Å². The zero-order chi connectivity index (χ0) is 13.1. The van der Waals surface area contributed by atoms with E-state index in [1.165, 1.54) is 0 Å². The van der Waals surface area contributed by atoms with Crippen LogP contribution in [0.2, 0.25) is 5.15 Å². The van der Waals surface area contributed by atoms with Crippen molar-refractivity contribution in [3.63, 3.8) is 0 Å². The van der Waals surface area contributed by atoms with Gasteiger partial charge in [0.05, 0.1) is 12.3 Å². The Labute approximate surface area is 111 Å². The van der Waals surface area contributed by atoms with Crippen molar-refractivity contribution in [2.45, 2.75) is 20.1 Å². The number of hydrogen-bond donors (Lipinski definition) is 1. The summed E-state index contributed by atoms with van der Waals surface area (Å²) in [6.07, 6.45) is 0. The van der Waals surface area contributed by atoms with Crippen molar-refractivity contribution in [2.24, 2.45) is 7.05 Å². The molecule has 1 aromatic heterocycles. The number of aromatic nitrogens is 2. The molecule has 0 aliphatic rings. The van der Waals surface area contributed by atoms with Crippen LogP contribution >= 0.6 is 11.6 Å². The summed E-state index contributed by atoms with van der Waals surface area (Å²) < 4.78 is 7.31. The summed E-state index contributed by atoms with van der Waals surface area (Å²) in [6.45, 7) is 2.19. The van der Waals surface area contributed by atoms with Crippen molar-refractivity contribution < 1.29 is 9.84 Å². The topological polar surface area (TPSA) is 47.3 Å². The third-order valence-electron chi connectivity index (χ3n) is 2.78. The molecular weight excluding hydrogens is 252 g/mol. The van der Waals surface area contributed by atoms with E-state index in [2.05, 4.69) is 5.10 Å². The number of nitrogens with zero attached hydrogens (tertiary/aromatic N) is 2. The average molecular weight is 267 g/mol. The summed E-state index contributed by atoms with van der Waals surface area (Å²) in [5, 5.41) is 14.0. The molecule has 0 radical (unpaired) electrons. The van der Waals surface area contributed by atoms with Gasteiger partial charge >= 0.3 is 0 Å². The Hall–Kier alpha value is -1.52. The van der Waals surface area contributed by atoms with E-state index in [-0.39, 0.29) is 6.61 Å². The molecule has 18 heavy (non-hydrogen) atoms. The van der Waals surface area contributed by atoms with Crippen LogP contribution in [0.25, 0.3) is 0 Å². The smallest absolute Gasteiger partial charge is 0.133 e. The fourth-order valence-electron chi connectivity index (χ4n) is 1.76. The number of hydrogen-bond acceptors (Lipinski definition) is 3. The zero-order valence-electron chi connectivity index (χ0n) is 10.4. The zero-order valence-corrected chi connectivity index (χ0v) is 11.1. The minimum absolute atomic E-state index is 0.0457. The van der Waals surface area contributed by atoms with Crippen LogP contribution in [0.1, 0.15) is 16.8 Å². The molecule has 0 saturated carbocycles. The third-order valence-corrected chi connectivity index (χ3v) is 3.26. The molecule has 2 aromatic rings. The molecule has 4 nitrogen and oxygen atoms in total. The third kappa shape index (κ3) is 2.49. The summed E-state index contributed by atoms with van der Waals surface area (Å²) in [6, 6.07) is 7.38. The van der Waals surface area contributed by atoms with E-state index in [1.54, 1.807) is 11.7 Å². The highest BCUT2D eigenvalue weighted by molar-refractivity contribution is 6.30. The molecule has 1 heterocycles. The maximum absolute atomic E-state index is 9.21. The summed E-state index contributed by atoms with van der Waals surface area (Å²) in [4.78, 5) is 0. The average Bonchev–Trinajstić information content (AvgIpc) is 2.62. The maximum Gasteiger partial charge on any atom is 0.133 e. The van der Waals surface area contributed by atoms with Crippen molar-refractivity contribution >= 4 is 11.6 Å². The first-order valence-electron chi connectivity index (χ1n) is 5.63. The van der Waals surface area contributed by atoms with Crippen molar-refractivity contribution in [3.05, 3.63) is 46.2 Å². The molecule has 0 amide bonds. The van der Waals surface area contributed by atoms with Crippen molar-refractivity contribution in [3.8, 4) is 5.75 Å². The number of aryl methyl sites for hydroxylation is 2. The molecular formula is C13H15ClN2O2. The fourth-order valence-corrected chi connectivity index (χ4v) is 1.99. The first kappa shape index (κ1) is 12.9. The number of benzene rings is 1. The van der Waals surface area contributed by atoms with Gasteiger partial charge in [0.15, 0.2) is 0 Å². The van der Waals surface area contributed by atoms with Crippen molar-refractivity contribution in [1.29, 1.82) is 0 Å². The standard InChI is InChI=1S/C13H15ClN2O2/c1-9-11(13(14)16(2)15-9)8-18-12-6-4-3-5-10(12)7-17/h3-6,17H,7-8H2,1-2H3. The van der Waals surface area contributed by atoms with Gasteiger partial charge < -0.3 is 9.84 Å². The molecule has 0 aliphatic carbocycles. The first-order valence-corrected chi connectivity index (χ1v) is 6.00. The maximum atomic E-state index is 9.21. The van der Waals surface area contributed by atoms with Crippen molar-refractivity contribution in [1.82, 2.24) is 9.78 Å². The predicted molar refractivity (Wildman–Crippen MR) is 69.7 cm³/mol. The highest BCUT2D eigenvalue weighted by Gasteiger charge is 2.12. The number of aliphatic hydroxyl groups excluding tert-OH is 1. The van der Waals surface area contributed by atoms with Gasteiger partial charge in [0, 0.05) is 18.2 Å². The molecule has 0 unspecified atom stereocenters. The molecule has 0 fully saturated rings. The number of rotatable bonds is 4. The first-order chi connectivity index (χ1) is 8.63. The summed E-state index contributed by atoms with van der Waals surface area (Å²) in [7, 11) is 1.79. The molecule has 96 valence electrons. The molecule has 0 spiro atoms. The van der Waals surface area contributed by atoms with Crippen LogP contribution in [0.3, 0.4) is 0 Å². The van der Waals surface area contributed by atoms with Gasteiger partial charge in [-0.15, -0.1) is 0 Å². The highest BCUT2D eigenvalue weighted by Crippen LogP contribution is 2.23. The SMILES string of the molecule is Cc1nn(C)c(Cl)c1COc1ccccc1CO. The lowest BCUT2D eigenvalue weighted by Crippen LogP contribution is -2.00. The lowest BCUT2D eigenvalue weighted by Gasteiger charge is -2.09. The Balaban J connectivity index is 2.16. The van der Waals surface area contributed by atoms with Gasteiger partial charge in [-0.1, -0.05) is 29.8 Å². The quantitative estimate of drug-likeness (QED) is 0.925. The fraction of sp³-hybridized carbons (Fsp3) is 0.308. The summed E-state index contributed by atoms with van der Waals surface area (Å²) in [5.74, 6) is 0.666. The van der Waals surface area contributed by atoms with Crippen LogP contribution in [0.15, 0.2) is 24.3 Å². The van der Waals surface area contributed by atoms with E-state index in [0.717, 1.165) is 16.8 Å². The van der Waals surface area contributed by atoms with E-state index in [1.807, 2.05) is 31.2 Å². The monoisotopic (exact) mass is 266 g/mol. The number of para-hydroxylation sites is 1. The molecule has 0 bridgehead atoms. The lowest BCUT2D eigenvalue weighted by atomic mass is 10.2. The van der Waals surface area contributed by atoms with Gasteiger partial charge in [-0.2, -0.15) is 5.10 Å². The summed E-state index contributed by atoms with van der Waals surface area (Å²) in [5.41, 5.74) is 2.48. The molecule has 1 aromatic carbocycles. The Morgan fingerprint density at radius 1 is 1.39 bits per heavy atom. The molecule has 1 N–H and O–H groups in total. The van der Waals surface area contributed by atoms with E-state index < -0.39 is 0 Å². The van der Waals surface area contributed by atoms with E-state index in [0.29, 0.717) is 17.5 Å². The summed E-state index contributed by atoms with van der Waals surface area (Å²) >= 11 is 6.13. The highest BCUT2D eigenvalue weighted by atomic mass is 35.5. The second-order valence-electron chi connectivity index (χ2n) is 4.03. The van der Waals surface area contributed by atoms with Crippen molar-refractivity contribution in [2.75, 3.05) is 0 Å². The minimum atomic E-state index is -0.0457. The van der Waals surface area contributed by atoms with Gasteiger partial charge in [0.25, 0.3) is 0 Å². The number of halogens is 1. The van der Waals surface area contributed by atoms with Crippen LogP contribution in [0.5, 0.6) is 5.75 Å². The Kier molecular flexibility index (Phi) is 3.89. The molecule has 0 aliphatic heterocycles. The Morgan fingerprint density at radius 2 is 2.11 bits per heavy atom. The van der Waals surface area contributed by atoms with Gasteiger partial charge in [-0.3, -0.25) is 4.68 Å². The van der Waals surface area contributed by atoms with Crippen LogP contribution in [-0.4, -0.2) is 14.9 Å². The molecule has 0 saturated heterocycles.